The first-order valence-electron chi connectivity index (χ1n) is 8.50. The second kappa shape index (κ2) is 10.3. The van der Waals surface area contributed by atoms with E-state index in [1.165, 1.54) is 49.0 Å². The van der Waals surface area contributed by atoms with Crippen molar-refractivity contribution in [2.45, 2.75) is 19.1 Å². The van der Waals surface area contributed by atoms with E-state index in [2.05, 4.69) is 0 Å². The summed E-state index contributed by atoms with van der Waals surface area (Å²) in [5.74, 6) is -1.45. The van der Waals surface area contributed by atoms with Gasteiger partial charge in [0, 0.05) is 30.8 Å². The zero-order valence-corrected chi connectivity index (χ0v) is 17.1. The van der Waals surface area contributed by atoms with E-state index < -0.39 is 22.1 Å². The first-order chi connectivity index (χ1) is 13.3. The van der Waals surface area contributed by atoms with Crippen molar-refractivity contribution >= 4 is 52.0 Å². The highest BCUT2D eigenvalue weighted by Crippen LogP contribution is 2.19. The van der Waals surface area contributed by atoms with E-state index in [4.69, 9.17) is 21.7 Å². The third-order valence-corrected chi connectivity index (χ3v) is 5.43. The second-order valence-electron chi connectivity index (χ2n) is 6.01. The zero-order chi connectivity index (χ0) is 20.7. The number of hydrogen-bond donors (Lipinski definition) is 0. The number of hydrogen-bond acceptors (Lipinski definition) is 8. The fourth-order valence-electron chi connectivity index (χ4n) is 2.28. The van der Waals surface area contributed by atoms with E-state index in [0.717, 1.165) is 0 Å². The average Bonchev–Trinajstić information content (AvgIpc) is 2.68. The van der Waals surface area contributed by atoms with E-state index in [0.29, 0.717) is 36.2 Å². The van der Waals surface area contributed by atoms with Crippen molar-refractivity contribution in [2.75, 3.05) is 26.3 Å². The van der Waals surface area contributed by atoms with Gasteiger partial charge in [-0.05, 0) is 37.6 Å². The van der Waals surface area contributed by atoms with Crippen molar-refractivity contribution in [1.29, 1.82) is 0 Å². The van der Waals surface area contributed by atoms with Gasteiger partial charge in [0.15, 0.2) is 0 Å². The lowest BCUT2D eigenvalue weighted by Gasteiger charge is -2.29. The van der Waals surface area contributed by atoms with Gasteiger partial charge < -0.3 is 14.4 Å². The van der Waals surface area contributed by atoms with Crippen LogP contribution in [0.5, 0.6) is 0 Å². The molecule has 0 aliphatic carbocycles. The van der Waals surface area contributed by atoms with Crippen molar-refractivity contribution in [3.63, 3.8) is 0 Å². The third kappa shape index (κ3) is 6.39. The Hall–Kier alpha value is -2.30. The first-order valence-corrected chi connectivity index (χ1v) is 9.79. The maximum atomic E-state index is 12.2. The molecule has 1 heterocycles. The Balaban J connectivity index is 1.89. The van der Waals surface area contributed by atoms with Gasteiger partial charge in [0.1, 0.15) is 9.57 Å². The summed E-state index contributed by atoms with van der Waals surface area (Å²) in [6.45, 7) is 5.65. The van der Waals surface area contributed by atoms with Crippen molar-refractivity contribution in [3.05, 3.63) is 45.5 Å². The van der Waals surface area contributed by atoms with Crippen LogP contribution in [0.4, 0.5) is 5.69 Å². The molecule has 28 heavy (non-hydrogen) atoms. The van der Waals surface area contributed by atoms with Gasteiger partial charge in [-0.3, -0.25) is 14.9 Å². The molecule has 1 aromatic carbocycles. The second-order valence-corrected chi connectivity index (χ2v) is 7.98. The number of benzene rings is 1. The lowest BCUT2D eigenvalue weighted by molar-refractivity contribution is -0.384. The van der Waals surface area contributed by atoms with Crippen molar-refractivity contribution in [3.8, 4) is 0 Å². The van der Waals surface area contributed by atoms with Gasteiger partial charge in [0.2, 0.25) is 0 Å². The third-order valence-electron chi connectivity index (χ3n) is 3.88. The van der Waals surface area contributed by atoms with Crippen molar-refractivity contribution < 1.29 is 24.0 Å². The summed E-state index contributed by atoms with van der Waals surface area (Å²) in [6.07, 6.45) is 1.50. The summed E-state index contributed by atoms with van der Waals surface area (Å²) in [5, 5.41) is 10.0. The molecule has 1 aliphatic rings. The molecule has 0 spiro atoms. The standard InChI is InChI=1S/C18H20N2O6S2/c1-12(11-14-3-5-15(6-4-14)20(23)24)16(21)26-17(22)13(2)28-18(27)19-7-9-25-10-8-19/h3-6,11,13H,7-10H2,1-2H3/b12-11+. The Kier molecular flexibility index (Phi) is 8.09. The van der Waals surface area contributed by atoms with Crippen molar-refractivity contribution in [2.24, 2.45) is 0 Å². The van der Waals surface area contributed by atoms with Crippen LogP contribution < -0.4 is 0 Å². The van der Waals surface area contributed by atoms with Gasteiger partial charge in [0.05, 0.1) is 18.1 Å². The number of carbonyl (C=O) groups is 2. The lowest BCUT2D eigenvalue weighted by atomic mass is 10.1. The molecular weight excluding hydrogens is 404 g/mol. The number of nitrogens with zero attached hydrogens (tertiary/aromatic N) is 2. The highest BCUT2D eigenvalue weighted by atomic mass is 32.2. The summed E-state index contributed by atoms with van der Waals surface area (Å²) < 4.78 is 10.7. The van der Waals surface area contributed by atoms with Crippen LogP contribution in [0.3, 0.4) is 0 Å². The van der Waals surface area contributed by atoms with Gasteiger partial charge in [-0.15, -0.1) is 0 Å². The van der Waals surface area contributed by atoms with Crippen LogP contribution in [-0.4, -0.2) is 57.6 Å². The highest BCUT2D eigenvalue weighted by Gasteiger charge is 2.24. The number of morpholine rings is 1. The van der Waals surface area contributed by atoms with Crippen molar-refractivity contribution in [1.82, 2.24) is 4.90 Å². The number of esters is 2. The molecule has 2 rings (SSSR count). The molecule has 1 aromatic rings. The fraction of sp³-hybridized carbons (Fsp3) is 0.389. The molecule has 8 nitrogen and oxygen atoms in total. The number of thiocarbonyl (C=S) groups is 1. The van der Waals surface area contributed by atoms with E-state index in [-0.39, 0.29) is 11.3 Å². The SMILES string of the molecule is C/C(=C\c1ccc([N+](=O)[O-])cc1)C(=O)OC(=O)C(C)SC(=S)N1CCOCC1. The van der Waals surface area contributed by atoms with Gasteiger partial charge in [0.25, 0.3) is 5.69 Å². The molecule has 0 saturated carbocycles. The van der Waals surface area contributed by atoms with Gasteiger partial charge in [-0.25, -0.2) is 4.79 Å². The molecule has 150 valence electrons. The predicted octanol–water partition coefficient (Wildman–Crippen LogP) is 2.81. The van der Waals surface area contributed by atoms with E-state index >= 15 is 0 Å². The number of rotatable bonds is 5. The largest absolute Gasteiger partial charge is 0.389 e. The van der Waals surface area contributed by atoms with Crippen LogP contribution in [0.2, 0.25) is 0 Å². The molecule has 0 aromatic heterocycles. The minimum absolute atomic E-state index is 0.0466. The molecule has 0 amide bonds. The minimum atomic E-state index is -0.770. The van der Waals surface area contributed by atoms with Gasteiger partial charge in [-0.2, -0.15) is 0 Å². The molecule has 0 bridgehead atoms. The maximum Gasteiger partial charge on any atom is 0.341 e. The molecular formula is C18H20N2O6S2. The Bertz CT molecular complexity index is 788. The fourth-order valence-corrected chi connectivity index (χ4v) is 3.67. The van der Waals surface area contributed by atoms with E-state index in [1.54, 1.807) is 6.92 Å². The molecule has 0 radical (unpaired) electrons. The van der Waals surface area contributed by atoms with Crippen LogP contribution in [0.1, 0.15) is 19.4 Å². The van der Waals surface area contributed by atoms with E-state index in [1.807, 2.05) is 4.90 Å². The quantitative estimate of drug-likeness (QED) is 0.176. The van der Waals surface area contributed by atoms with Crippen LogP contribution in [-0.2, 0) is 19.1 Å². The smallest absolute Gasteiger partial charge is 0.341 e. The van der Waals surface area contributed by atoms with Crippen LogP contribution in [0.15, 0.2) is 29.8 Å². The topological polar surface area (TPSA) is 99.0 Å². The zero-order valence-electron chi connectivity index (χ0n) is 15.5. The van der Waals surface area contributed by atoms with Crippen LogP contribution in [0.25, 0.3) is 6.08 Å². The molecule has 1 saturated heterocycles. The number of nitro groups is 1. The maximum absolute atomic E-state index is 12.2. The lowest BCUT2D eigenvalue weighted by Crippen LogP contribution is -2.39. The molecule has 1 unspecified atom stereocenters. The van der Waals surface area contributed by atoms with Crippen LogP contribution in [0, 0.1) is 10.1 Å². The Morgan fingerprint density at radius 3 is 2.50 bits per heavy atom. The number of ether oxygens (including phenoxy) is 2. The summed E-state index contributed by atoms with van der Waals surface area (Å²) in [6, 6.07) is 5.69. The van der Waals surface area contributed by atoms with Gasteiger partial charge >= 0.3 is 11.9 Å². The summed E-state index contributed by atoms with van der Waals surface area (Å²) in [4.78, 5) is 36.4. The molecule has 1 aliphatic heterocycles. The van der Waals surface area contributed by atoms with E-state index in [9.17, 15) is 19.7 Å². The highest BCUT2D eigenvalue weighted by molar-refractivity contribution is 8.23. The molecule has 10 heteroatoms. The monoisotopic (exact) mass is 424 g/mol. The number of carbonyl (C=O) groups excluding carboxylic acids is 2. The number of nitro benzene ring substituents is 1. The molecule has 1 fully saturated rings. The Morgan fingerprint density at radius 1 is 1.32 bits per heavy atom. The Labute approximate surface area is 172 Å². The first kappa shape index (κ1) is 22.0. The van der Waals surface area contributed by atoms with Gasteiger partial charge in [-0.1, -0.05) is 24.0 Å². The number of thioether (sulfide) groups is 1. The van der Waals surface area contributed by atoms with Crippen LogP contribution >= 0.6 is 24.0 Å². The Morgan fingerprint density at radius 2 is 1.93 bits per heavy atom. The normalized spacial score (nSPS) is 15.6. The summed E-state index contributed by atoms with van der Waals surface area (Å²) in [7, 11) is 0. The predicted molar refractivity (Wildman–Crippen MR) is 110 cm³/mol. The molecule has 0 N–H and O–H groups in total. The number of non-ortho nitro benzene ring substituents is 1. The summed E-state index contributed by atoms with van der Waals surface area (Å²) >= 11 is 6.50. The molecule has 1 atom stereocenters. The summed E-state index contributed by atoms with van der Waals surface area (Å²) in [5.41, 5.74) is 0.744. The minimum Gasteiger partial charge on any atom is -0.389 e. The average molecular weight is 425 g/mol.